The molecule has 0 aliphatic heterocycles. The first-order valence-electron chi connectivity index (χ1n) is 8.77. The lowest BCUT2D eigenvalue weighted by molar-refractivity contribution is 0.482. The quantitative estimate of drug-likeness (QED) is 0.643. The van der Waals surface area contributed by atoms with E-state index in [4.69, 9.17) is 4.74 Å². The van der Waals surface area contributed by atoms with Crippen LogP contribution in [0.4, 0.5) is 0 Å². The van der Waals surface area contributed by atoms with Crippen LogP contribution in [0.5, 0.6) is 11.5 Å². The van der Waals surface area contributed by atoms with Crippen LogP contribution in [-0.2, 0) is 10.0 Å². The molecular weight excluding hydrogens is 358 g/mol. The molecule has 0 heterocycles. The molecule has 5 heteroatoms. The number of hydrogen-bond donors (Lipinski definition) is 1. The summed E-state index contributed by atoms with van der Waals surface area (Å²) in [6.45, 7) is 5.83. The monoisotopic (exact) mass is 381 g/mol. The van der Waals surface area contributed by atoms with E-state index in [-0.39, 0.29) is 10.9 Å². The molecule has 0 aliphatic carbocycles. The maximum Gasteiger partial charge on any atom is 0.241 e. The lowest BCUT2D eigenvalue weighted by Gasteiger charge is -2.17. The molecule has 0 saturated heterocycles. The SMILES string of the molecule is Cc1ccc(C)c([C@H](C)NS(=O)(=O)c2ccc(Oc3ccccc3)cc2)c1. The van der Waals surface area contributed by atoms with Crippen molar-refractivity contribution in [3.8, 4) is 11.5 Å². The number of sulfonamides is 1. The average molecular weight is 381 g/mol. The Kier molecular flexibility index (Phi) is 5.63. The Labute approximate surface area is 160 Å². The highest BCUT2D eigenvalue weighted by molar-refractivity contribution is 7.89. The van der Waals surface area contributed by atoms with Gasteiger partial charge in [-0.05, 0) is 68.3 Å². The van der Waals surface area contributed by atoms with E-state index in [0.717, 1.165) is 16.7 Å². The summed E-state index contributed by atoms with van der Waals surface area (Å²) < 4.78 is 33.9. The third kappa shape index (κ3) is 4.76. The maximum absolute atomic E-state index is 12.7. The number of rotatable bonds is 6. The summed E-state index contributed by atoms with van der Waals surface area (Å²) in [6, 6.07) is 21.5. The van der Waals surface area contributed by atoms with E-state index in [1.165, 1.54) is 0 Å². The van der Waals surface area contributed by atoms with E-state index in [1.807, 2.05) is 69.3 Å². The van der Waals surface area contributed by atoms with Crippen LogP contribution in [0, 0.1) is 13.8 Å². The van der Waals surface area contributed by atoms with Crippen LogP contribution in [0.25, 0.3) is 0 Å². The fourth-order valence-corrected chi connectivity index (χ4v) is 4.13. The van der Waals surface area contributed by atoms with E-state index >= 15 is 0 Å². The van der Waals surface area contributed by atoms with E-state index in [9.17, 15) is 8.42 Å². The topological polar surface area (TPSA) is 55.4 Å². The Hall–Kier alpha value is -2.63. The van der Waals surface area contributed by atoms with Gasteiger partial charge in [-0.3, -0.25) is 0 Å². The van der Waals surface area contributed by atoms with Gasteiger partial charge in [0.1, 0.15) is 11.5 Å². The van der Waals surface area contributed by atoms with Crippen LogP contribution < -0.4 is 9.46 Å². The molecule has 0 aromatic heterocycles. The van der Waals surface area contributed by atoms with Crippen molar-refractivity contribution in [2.75, 3.05) is 0 Å². The Balaban J connectivity index is 1.75. The predicted molar refractivity (Wildman–Crippen MR) is 108 cm³/mol. The van der Waals surface area contributed by atoms with Gasteiger partial charge in [-0.2, -0.15) is 0 Å². The molecule has 0 saturated carbocycles. The summed E-state index contributed by atoms with van der Waals surface area (Å²) in [5, 5.41) is 0. The van der Waals surface area contributed by atoms with Crippen LogP contribution >= 0.6 is 0 Å². The maximum atomic E-state index is 12.7. The van der Waals surface area contributed by atoms with Gasteiger partial charge in [0, 0.05) is 6.04 Å². The molecule has 0 bridgehead atoms. The summed E-state index contributed by atoms with van der Waals surface area (Å²) in [6.07, 6.45) is 0. The van der Waals surface area contributed by atoms with E-state index in [0.29, 0.717) is 11.5 Å². The van der Waals surface area contributed by atoms with Gasteiger partial charge < -0.3 is 4.74 Å². The van der Waals surface area contributed by atoms with Crippen molar-refractivity contribution >= 4 is 10.0 Å². The van der Waals surface area contributed by atoms with E-state index in [1.54, 1.807) is 24.3 Å². The van der Waals surface area contributed by atoms with Gasteiger partial charge in [0.25, 0.3) is 0 Å². The van der Waals surface area contributed by atoms with Gasteiger partial charge in [0.2, 0.25) is 10.0 Å². The largest absolute Gasteiger partial charge is 0.457 e. The number of nitrogens with one attached hydrogen (secondary N) is 1. The molecule has 140 valence electrons. The number of aryl methyl sites for hydroxylation is 2. The summed E-state index contributed by atoms with van der Waals surface area (Å²) in [5.41, 5.74) is 3.13. The van der Waals surface area contributed by atoms with Gasteiger partial charge in [-0.25, -0.2) is 13.1 Å². The van der Waals surface area contributed by atoms with Crippen molar-refractivity contribution in [1.29, 1.82) is 0 Å². The fourth-order valence-electron chi connectivity index (χ4n) is 2.90. The second-order valence-corrected chi connectivity index (χ2v) is 8.30. The van der Waals surface area contributed by atoms with Crippen molar-refractivity contribution in [1.82, 2.24) is 4.72 Å². The molecule has 0 unspecified atom stereocenters. The van der Waals surface area contributed by atoms with Crippen LogP contribution in [0.1, 0.15) is 29.7 Å². The normalized spacial score (nSPS) is 12.6. The van der Waals surface area contributed by atoms with Gasteiger partial charge >= 0.3 is 0 Å². The zero-order valence-electron chi connectivity index (χ0n) is 15.6. The van der Waals surface area contributed by atoms with Gasteiger partial charge in [0.15, 0.2) is 0 Å². The third-order valence-corrected chi connectivity index (χ3v) is 5.90. The van der Waals surface area contributed by atoms with Crippen molar-refractivity contribution in [2.24, 2.45) is 0 Å². The first-order valence-corrected chi connectivity index (χ1v) is 10.3. The van der Waals surface area contributed by atoms with Crippen molar-refractivity contribution < 1.29 is 13.2 Å². The van der Waals surface area contributed by atoms with E-state index < -0.39 is 10.0 Å². The molecule has 27 heavy (non-hydrogen) atoms. The summed E-state index contributed by atoms with van der Waals surface area (Å²) in [7, 11) is -3.63. The molecule has 1 N–H and O–H groups in total. The van der Waals surface area contributed by atoms with Crippen LogP contribution in [-0.4, -0.2) is 8.42 Å². The predicted octanol–water partition coefficient (Wildman–Crippen LogP) is 5.14. The minimum atomic E-state index is -3.63. The zero-order chi connectivity index (χ0) is 19.4. The molecule has 1 atom stereocenters. The average Bonchev–Trinajstić information content (AvgIpc) is 2.64. The first-order chi connectivity index (χ1) is 12.8. The van der Waals surface area contributed by atoms with Crippen LogP contribution in [0.3, 0.4) is 0 Å². The Bertz CT molecular complexity index is 1010. The van der Waals surface area contributed by atoms with Crippen molar-refractivity contribution in [3.63, 3.8) is 0 Å². The first kappa shape index (κ1) is 19.1. The fraction of sp³-hybridized carbons (Fsp3) is 0.182. The highest BCUT2D eigenvalue weighted by Crippen LogP contribution is 2.24. The van der Waals surface area contributed by atoms with Gasteiger partial charge in [-0.15, -0.1) is 0 Å². The molecule has 0 radical (unpaired) electrons. The number of ether oxygens (including phenoxy) is 1. The van der Waals surface area contributed by atoms with Gasteiger partial charge in [0.05, 0.1) is 4.90 Å². The molecule has 0 spiro atoms. The van der Waals surface area contributed by atoms with Crippen molar-refractivity contribution in [2.45, 2.75) is 31.7 Å². The Morgan fingerprint density at radius 3 is 2.15 bits per heavy atom. The molecule has 0 fully saturated rings. The molecular formula is C22H23NO3S. The number of benzene rings is 3. The second-order valence-electron chi connectivity index (χ2n) is 6.59. The zero-order valence-corrected chi connectivity index (χ0v) is 16.5. The smallest absolute Gasteiger partial charge is 0.241 e. The van der Waals surface area contributed by atoms with Gasteiger partial charge in [-0.1, -0.05) is 42.0 Å². The minimum Gasteiger partial charge on any atom is -0.457 e. The molecule has 3 aromatic rings. The standard InChI is InChI=1S/C22H23NO3S/c1-16-9-10-17(2)22(15-16)18(3)23-27(24,25)21-13-11-20(12-14-21)26-19-7-5-4-6-8-19/h4-15,18,23H,1-3H3/t18-/m0/s1. The number of para-hydroxylation sites is 1. The second kappa shape index (κ2) is 7.94. The Morgan fingerprint density at radius 2 is 1.48 bits per heavy atom. The molecule has 4 nitrogen and oxygen atoms in total. The highest BCUT2D eigenvalue weighted by Gasteiger charge is 2.19. The van der Waals surface area contributed by atoms with Crippen LogP contribution in [0.15, 0.2) is 77.7 Å². The Morgan fingerprint density at radius 1 is 0.852 bits per heavy atom. The number of hydrogen-bond acceptors (Lipinski definition) is 3. The summed E-state index contributed by atoms with van der Waals surface area (Å²) in [4.78, 5) is 0.208. The van der Waals surface area contributed by atoms with Crippen molar-refractivity contribution in [3.05, 3.63) is 89.5 Å². The van der Waals surface area contributed by atoms with Crippen LogP contribution in [0.2, 0.25) is 0 Å². The summed E-state index contributed by atoms with van der Waals surface area (Å²) >= 11 is 0. The molecule has 3 aromatic carbocycles. The third-order valence-electron chi connectivity index (χ3n) is 4.35. The summed E-state index contributed by atoms with van der Waals surface area (Å²) in [5.74, 6) is 1.29. The minimum absolute atomic E-state index is 0.208. The molecule has 0 aliphatic rings. The highest BCUT2D eigenvalue weighted by atomic mass is 32.2. The lowest BCUT2D eigenvalue weighted by Crippen LogP contribution is -2.27. The lowest BCUT2D eigenvalue weighted by atomic mass is 10.0. The molecule has 0 amide bonds. The van der Waals surface area contributed by atoms with E-state index in [2.05, 4.69) is 4.72 Å². The molecule has 3 rings (SSSR count).